The van der Waals surface area contributed by atoms with Crippen molar-refractivity contribution in [1.82, 2.24) is 4.90 Å². The molecule has 0 bridgehead atoms. The Morgan fingerprint density at radius 2 is 2.12 bits per heavy atom. The Bertz CT molecular complexity index is 404. The molecule has 1 N–H and O–H groups in total. The van der Waals surface area contributed by atoms with Crippen LogP contribution in [0.2, 0.25) is 0 Å². The summed E-state index contributed by atoms with van der Waals surface area (Å²) in [5.41, 5.74) is 0.911. The molecule has 1 aromatic rings. The third-order valence-electron chi connectivity index (χ3n) is 2.65. The molecule has 0 aliphatic carbocycles. The van der Waals surface area contributed by atoms with Crippen molar-refractivity contribution < 1.29 is 14.3 Å². The largest absolute Gasteiger partial charge is 0.395 e. The van der Waals surface area contributed by atoms with Gasteiger partial charge in [-0.05, 0) is 23.6 Å². The summed E-state index contributed by atoms with van der Waals surface area (Å²) in [6.07, 6.45) is 0. The summed E-state index contributed by atoms with van der Waals surface area (Å²) in [5, 5.41) is 8.74. The number of rotatable bonds is 4. The second-order valence-corrected chi connectivity index (χ2v) is 4.34. The monoisotopic (exact) mass is 239 g/mol. The first-order valence-corrected chi connectivity index (χ1v) is 5.63. The predicted octanol–water partition coefficient (Wildman–Crippen LogP) is 2.01. The van der Waals surface area contributed by atoms with Crippen LogP contribution in [0.3, 0.4) is 0 Å². The molecular weight excluding hydrogens is 221 g/mol. The summed E-state index contributed by atoms with van der Waals surface area (Å²) < 4.78 is 13.7. The predicted molar refractivity (Wildman–Crippen MR) is 64.5 cm³/mol. The van der Waals surface area contributed by atoms with E-state index in [1.807, 2.05) is 13.8 Å². The maximum absolute atomic E-state index is 13.7. The van der Waals surface area contributed by atoms with Crippen molar-refractivity contribution in [3.63, 3.8) is 0 Å². The molecule has 0 atom stereocenters. The van der Waals surface area contributed by atoms with E-state index < -0.39 is 0 Å². The Kier molecular flexibility index (Phi) is 4.63. The smallest absolute Gasteiger partial charge is 0.253 e. The lowest BCUT2D eigenvalue weighted by molar-refractivity contribution is 0.0766. The number of aliphatic hydroxyl groups is 1. The molecule has 0 saturated carbocycles. The summed E-state index contributed by atoms with van der Waals surface area (Å²) in [4.78, 5) is 13.2. The molecule has 0 aliphatic heterocycles. The molecule has 1 rings (SSSR count). The minimum atomic E-state index is -0.358. The van der Waals surface area contributed by atoms with Crippen molar-refractivity contribution in [3.8, 4) is 0 Å². The topological polar surface area (TPSA) is 40.5 Å². The maximum atomic E-state index is 13.7. The maximum Gasteiger partial charge on any atom is 0.253 e. The Hall–Kier alpha value is -1.42. The summed E-state index contributed by atoms with van der Waals surface area (Å²) in [5.74, 6) is -0.550. The summed E-state index contributed by atoms with van der Waals surface area (Å²) >= 11 is 0. The highest BCUT2D eigenvalue weighted by atomic mass is 19.1. The molecule has 0 radical (unpaired) electrons. The Morgan fingerprint density at radius 3 is 2.59 bits per heavy atom. The quantitative estimate of drug-likeness (QED) is 0.873. The van der Waals surface area contributed by atoms with Crippen LogP contribution in [0.5, 0.6) is 0 Å². The number of carbonyl (C=O) groups is 1. The van der Waals surface area contributed by atoms with Gasteiger partial charge in [0.25, 0.3) is 5.91 Å². The first kappa shape index (κ1) is 13.6. The molecule has 0 saturated heterocycles. The molecule has 1 aromatic carbocycles. The van der Waals surface area contributed by atoms with Gasteiger partial charge in [-0.25, -0.2) is 4.39 Å². The van der Waals surface area contributed by atoms with Gasteiger partial charge in [-0.15, -0.1) is 0 Å². The minimum Gasteiger partial charge on any atom is -0.395 e. The molecule has 94 valence electrons. The highest BCUT2D eigenvalue weighted by Gasteiger charge is 2.14. The lowest BCUT2D eigenvalue weighted by Gasteiger charge is -2.16. The van der Waals surface area contributed by atoms with Crippen molar-refractivity contribution >= 4 is 5.91 Å². The van der Waals surface area contributed by atoms with E-state index in [1.165, 1.54) is 11.0 Å². The number of benzene rings is 1. The Labute approximate surface area is 101 Å². The van der Waals surface area contributed by atoms with Crippen molar-refractivity contribution in [2.24, 2.45) is 0 Å². The van der Waals surface area contributed by atoms with Gasteiger partial charge in [0.2, 0.25) is 0 Å². The Balaban J connectivity index is 2.93. The van der Waals surface area contributed by atoms with Gasteiger partial charge >= 0.3 is 0 Å². The van der Waals surface area contributed by atoms with Crippen LogP contribution in [0.15, 0.2) is 18.2 Å². The number of hydrogen-bond acceptors (Lipinski definition) is 2. The van der Waals surface area contributed by atoms with Crippen LogP contribution in [-0.4, -0.2) is 36.1 Å². The fraction of sp³-hybridized carbons (Fsp3) is 0.462. The van der Waals surface area contributed by atoms with E-state index in [9.17, 15) is 9.18 Å². The molecule has 0 unspecified atom stereocenters. The molecule has 0 heterocycles. The van der Waals surface area contributed by atoms with Crippen molar-refractivity contribution in [2.75, 3.05) is 20.2 Å². The molecule has 0 spiro atoms. The second-order valence-electron chi connectivity index (χ2n) is 4.34. The normalized spacial score (nSPS) is 10.7. The number of nitrogens with zero attached hydrogens (tertiary/aromatic N) is 1. The van der Waals surface area contributed by atoms with Gasteiger partial charge in [0.05, 0.1) is 6.61 Å². The first-order chi connectivity index (χ1) is 7.97. The highest BCUT2D eigenvalue weighted by Crippen LogP contribution is 2.19. The zero-order valence-electron chi connectivity index (χ0n) is 10.4. The molecule has 4 heteroatoms. The van der Waals surface area contributed by atoms with E-state index in [-0.39, 0.29) is 30.8 Å². The van der Waals surface area contributed by atoms with Gasteiger partial charge in [0.1, 0.15) is 5.82 Å². The SMILES string of the molecule is CC(C)c1ccc(C(=O)N(C)CCO)cc1F. The van der Waals surface area contributed by atoms with Crippen LogP contribution < -0.4 is 0 Å². The zero-order valence-corrected chi connectivity index (χ0v) is 10.4. The van der Waals surface area contributed by atoms with Crippen molar-refractivity contribution in [3.05, 3.63) is 35.1 Å². The third kappa shape index (κ3) is 3.27. The average Bonchev–Trinajstić information content (AvgIpc) is 2.27. The van der Waals surface area contributed by atoms with Crippen molar-refractivity contribution in [1.29, 1.82) is 0 Å². The number of aliphatic hydroxyl groups excluding tert-OH is 1. The molecule has 0 aromatic heterocycles. The Morgan fingerprint density at radius 1 is 1.47 bits per heavy atom. The minimum absolute atomic E-state index is 0.0920. The molecule has 3 nitrogen and oxygen atoms in total. The van der Waals surface area contributed by atoms with E-state index in [2.05, 4.69) is 0 Å². The van der Waals surface area contributed by atoms with Crippen LogP contribution in [0, 0.1) is 5.82 Å². The number of amides is 1. The van der Waals surface area contributed by atoms with Crippen LogP contribution in [0.25, 0.3) is 0 Å². The fourth-order valence-corrected chi connectivity index (χ4v) is 1.60. The van der Waals surface area contributed by atoms with Gasteiger partial charge in [-0.3, -0.25) is 4.79 Å². The lowest BCUT2D eigenvalue weighted by atomic mass is 10.0. The fourth-order valence-electron chi connectivity index (χ4n) is 1.60. The van der Waals surface area contributed by atoms with E-state index in [4.69, 9.17) is 5.11 Å². The first-order valence-electron chi connectivity index (χ1n) is 5.63. The molecule has 0 fully saturated rings. The number of hydrogen-bond donors (Lipinski definition) is 1. The van der Waals surface area contributed by atoms with Gasteiger partial charge in [0, 0.05) is 19.2 Å². The van der Waals surface area contributed by atoms with Gasteiger partial charge < -0.3 is 10.0 Å². The van der Waals surface area contributed by atoms with Crippen LogP contribution in [0.1, 0.15) is 35.7 Å². The van der Waals surface area contributed by atoms with E-state index in [1.54, 1.807) is 19.2 Å². The number of carbonyl (C=O) groups excluding carboxylic acids is 1. The third-order valence-corrected chi connectivity index (χ3v) is 2.65. The molecule has 0 aliphatic rings. The number of halogens is 1. The molecule has 1 amide bonds. The van der Waals surface area contributed by atoms with E-state index in [0.717, 1.165) is 0 Å². The molecule has 17 heavy (non-hydrogen) atoms. The zero-order chi connectivity index (χ0) is 13.0. The van der Waals surface area contributed by atoms with Gasteiger partial charge in [-0.2, -0.15) is 0 Å². The summed E-state index contributed by atoms with van der Waals surface area (Å²) in [6.45, 7) is 3.94. The van der Waals surface area contributed by atoms with E-state index >= 15 is 0 Å². The summed E-state index contributed by atoms with van der Waals surface area (Å²) in [7, 11) is 1.58. The summed E-state index contributed by atoms with van der Waals surface area (Å²) in [6, 6.07) is 4.51. The van der Waals surface area contributed by atoms with E-state index in [0.29, 0.717) is 11.1 Å². The average molecular weight is 239 g/mol. The highest BCUT2D eigenvalue weighted by molar-refractivity contribution is 5.94. The van der Waals surface area contributed by atoms with Gasteiger partial charge in [0.15, 0.2) is 0 Å². The standard InChI is InChI=1S/C13H18FNO2/c1-9(2)11-5-4-10(8-12(11)14)13(17)15(3)6-7-16/h4-5,8-9,16H,6-7H2,1-3H3. The second kappa shape index (κ2) is 5.77. The number of likely N-dealkylation sites (N-methyl/N-ethyl adjacent to an activating group) is 1. The van der Waals surface area contributed by atoms with Crippen molar-refractivity contribution in [2.45, 2.75) is 19.8 Å². The molecular formula is C13H18FNO2. The van der Waals surface area contributed by atoms with Gasteiger partial charge in [-0.1, -0.05) is 19.9 Å². The van der Waals surface area contributed by atoms with Crippen LogP contribution in [-0.2, 0) is 0 Å². The van der Waals surface area contributed by atoms with Crippen LogP contribution in [0.4, 0.5) is 4.39 Å². The van der Waals surface area contributed by atoms with Crippen LogP contribution >= 0.6 is 0 Å². The lowest BCUT2D eigenvalue weighted by Crippen LogP contribution is -2.29.